The van der Waals surface area contributed by atoms with Gasteiger partial charge in [-0.15, -0.1) is 23.1 Å². The molecule has 0 bridgehead atoms. The summed E-state index contributed by atoms with van der Waals surface area (Å²) in [4.78, 5) is 6.29. The van der Waals surface area contributed by atoms with Crippen molar-refractivity contribution < 1.29 is 9.79 Å². The smallest absolute Gasteiger partial charge is 0.366 e. The fraction of sp³-hybridized carbons (Fsp3) is 0.462. The second-order valence-corrected chi connectivity index (χ2v) is 13.5. The fourth-order valence-corrected chi connectivity index (χ4v) is 6.21. The lowest BCUT2D eigenvalue weighted by Crippen LogP contribution is -2.59. The van der Waals surface area contributed by atoms with Crippen LogP contribution in [0.15, 0.2) is 51.9 Å². The lowest BCUT2D eigenvalue weighted by atomic mass is 9.98. The molecule has 0 aliphatic carbocycles. The van der Waals surface area contributed by atoms with Gasteiger partial charge in [0.05, 0.1) is 10.6 Å². The van der Waals surface area contributed by atoms with Gasteiger partial charge in [-0.25, -0.2) is 4.99 Å². The van der Waals surface area contributed by atoms with Crippen molar-refractivity contribution in [2.45, 2.75) is 59.5 Å². The number of benzene rings is 1. The molecule has 7 nitrogen and oxygen atoms in total. The first-order chi connectivity index (χ1) is 17.0. The first kappa shape index (κ1) is 26.6. The fourth-order valence-electron chi connectivity index (χ4n) is 3.73. The molecule has 0 spiro atoms. The van der Waals surface area contributed by atoms with Crippen LogP contribution >= 0.6 is 34.4 Å². The van der Waals surface area contributed by atoms with E-state index in [-0.39, 0.29) is 16.6 Å². The number of nitrogens with one attached hydrogen (secondary N) is 1. The number of thiophene rings is 1. The van der Waals surface area contributed by atoms with Crippen molar-refractivity contribution in [2.75, 3.05) is 18.1 Å². The molecule has 0 fully saturated rings. The second kappa shape index (κ2) is 10.5. The van der Waals surface area contributed by atoms with E-state index in [4.69, 9.17) is 15.2 Å². The number of nitrogens with zero attached hydrogens (tertiary/aromatic N) is 5. The van der Waals surface area contributed by atoms with E-state index >= 15 is 0 Å². The van der Waals surface area contributed by atoms with E-state index in [1.807, 2.05) is 34.1 Å². The summed E-state index contributed by atoms with van der Waals surface area (Å²) in [7, 11) is 0. The van der Waals surface area contributed by atoms with E-state index in [2.05, 4.69) is 64.4 Å². The highest BCUT2D eigenvalue weighted by atomic mass is 32.2. The Kier molecular flexibility index (Phi) is 7.78. The maximum absolute atomic E-state index is 10.9. The summed E-state index contributed by atoms with van der Waals surface area (Å²) in [6.45, 7) is 13.6. The summed E-state index contributed by atoms with van der Waals surface area (Å²) in [5.74, 6) is 0.854. The van der Waals surface area contributed by atoms with Gasteiger partial charge in [-0.1, -0.05) is 69.5 Å². The van der Waals surface area contributed by atoms with Gasteiger partial charge in [-0.05, 0) is 41.2 Å². The van der Waals surface area contributed by atoms with Crippen LogP contribution in [0.2, 0.25) is 0 Å². The molecule has 4 rings (SSSR count). The molecule has 1 atom stereocenters. The van der Waals surface area contributed by atoms with Crippen LogP contribution < -0.4 is 10.00 Å². The number of phenolic OH excluding ortho intramolecular Hbond substituents is 1. The Morgan fingerprint density at radius 3 is 2.53 bits per heavy atom. The van der Waals surface area contributed by atoms with E-state index in [0.717, 1.165) is 27.2 Å². The van der Waals surface area contributed by atoms with Crippen LogP contribution in [0.1, 0.15) is 63.2 Å². The third-order valence-electron chi connectivity index (χ3n) is 5.59. The highest BCUT2D eigenvalue weighted by Gasteiger charge is 2.45. The molecule has 1 aromatic carbocycles. The van der Waals surface area contributed by atoms with Crippen LogP contribution in [0.3, 0.4) is 0 Å². The highest BCUT2D eigenvalue weighted by Crippen LogP contribution is 2.36. The monoisotopic (exact) mass is 543 g/mol. The summed E-state index contributed by atoms with van der Waals surface area (Å²) < 4.78 is 1.93. The van der Waals surface area contributed by atoms with Crippen LogP contribution in [0, 0.1) is 5.41 Å². The van der Waals surface area contributed by atoms with Crippen molar-refractivity contribution in [1.29, 1.82) is 0 Å². The molecule has 3 aromatic rings. The molecular formula is C26H35N6OS3+. The van der Waals surface area contributed by atoms with Crippen LogP contribution in [0.5, 0.6) is 5.75 Å². The Bertz CT molecular complexity index is 1250. The summed E-state index contributed by atoms with van der Waals surface area (Å²) in [5.41, 5.74) is 0.439. The molecule has 3 heterocycles. The summed E-state index contributed by atoms with van der Waals surface area (Å²) in [6, 6.07) is 11.6. The summed E-state index contributed by atoms with van der Waals surface area (Å²) >= 11 is 4.98. The lowest BCUT2D eigenvalue weighted by Gasteiger charge is -2.31. The number of guanidine groups is 1. The van der Waals surface area contributed by atoms with Gasteiger partial charge in [-0.3, -0.25) is 0 Å². The third kappa shape index (κ3) is 5.76. The van der Waals surface area contributed by atoms with Crippen LogP contribution in [-0.2, 0) is 11.8 Å². The first-order valence-electron chi connectivity index (χ1n) is 12.0. The number of hydrazone groups is 1. The Hall–Kier alpha value is -2.43. The minimum Gasteiger partial charge on any atom is -0.507 e. The highest BCUT2D eigenvalue weighted by molar-refractivity contribution is 8.13. The van der Waals surface area contributed by atoms with Gasteiger partial charge in [0.2, 0.25) is 0 Å². The average molecular weight is 544 g/mol. The number of hydrogen-bond donors (Lipinski definition) is 2. The number of thioether (sulfide) groups is 1. The normalized spacial score (nSPS) is 17.9. The maximum atomic E-state index is 10.9. The van der Waals surface area contributed by atoms with Crippen molar-refractivity contribution in [1.82, 2.24) is 10.1 Å². The molecule has 1 aliphatic heterocycles. The minimum atomic E-state index is -0.486. The molecule has 0 radical (unpaired) electrons. The Morgan fingerprint density at radius 1 is 1.17 bits per heavy atom. The SMILES string of the molecule is CS/C(=N\N1C(=NCCc2cccs2)Nc2sc(C(C)(C)C)n[n+]2C1c1ccccc1O)C(C)(C)C. The van der Waals surface area contributed by atoms with Gasteiger partial charge >= 0.3 is 11.1 Å². The topological polar surface area (TPSA) is 77.0 Å². The molecule has 2 aromatic heterocycles. The van der Waals surface area contributed by atoms with E-state index in [9.17, 15) is 5.11 Å². The van der Waals surface area contributed by atoms with Crippen molar-refractivity contribution >= 4 is 50.6 Å². The predicted molar refractivity (Wildman–Crippen MR) is 153 cm³/mol. The van der Waals surface area contributed by atoms with Crippen molar-refractivity contribution in [3.63, 3.8) is 0 Å². The molecular weight excluding hydrogens is 509 g/mol. The number of para-hydroxylation sites is 1. The molecule has 0 saturated carbocycles. The predicted octanol–water partition coefficient (Wildman–Crippen LogP) is 6.09. The zero-order chi connectivity index (χ0) is 26.1. The number of hydrogen-bond acceptors (Lipinski definition) is 7. The summed E-state index contributed by atoms with van der Waals surface area (Å²) in [6.07, 6.45) is 2.41. The largest absolute Gasteiger partial charge is 0.507 e. The van der Waals surface area contributed by atoms with Crippen LogP contribution in [0.25, 0.3) is 0 Å². The van der Waals surface area contributed by atoms with E-state index in [1.165, 1.54) is 4.88 Å². The van der Waals surface area contributed by atoms with Crippen molar-refractivity contribution in [3.05, 3.63) is 57.2 Å². The molecule has 36 heavy (non-hydrogen) atoms. The van der Waals surface area contributed by atoms with Crippen LogP contribution in [0.4, 0.5) is 5.13 Å². The average Bonchev–Trinajstić information content (AvgIpc) is 3.46. The standard InChI is InChI=1S/C26H34N6OS3/c1-25(2,3)21(34-7)29-31-20(18-12-8-9-13-19(18)33)32-24(36-22(30-32)26(4,5)6)28-23(31)27-15-14-17-11-10-16-35-17/h8-13,16,20,33H,14-15H2,1-7H3/p+1/b27-23?,29-21-. The maximum Gasteiger partial charge on any atom is 0.366 e. The van der Waals surface area contributed by atoms with E-state index in [1.54, 1.807) is 40.5 Å². The quantitative estimate of drug-likeness (QED) is 0.231. The Balaban J connectivity index is 1.89. The molecule has 0 amide bonds. The van der Waals surface area contributed by atoms with Crippen LogP contribution in [-0.4, -0.2) is 39.0 Å². The summed E-state index contributed by atoms with van der Waals surface area (Å²) in [5, 5.41) is 31.4. The molecule has 2 N–H and O–H groups in total. The number of fused-ring (bicyclic) bond motifs is 1. The van der Waals surface area contributed by atoms with Crippen molar-refractivity contribution in [3.8, 4) is 5.75 Å². The Labute approximate surface area is 226 Å². The van der Waals surface area contributed by atoms with Gasteiger partial charge in [0, 0.05) is 28.7 Å². The van der Waals surface area contributed by atoms with E-state index in [0.29, 0.717) is 12.5 Å². The lowest BCUT2D eigenvalue weighted by molar-refractivity contribution is -0.770. The number of aromatic nitrogens is 2. The van der Waals surface area contributed by atoms with Gasteiger partial charge in [0.15, 0.2) is 0 Å². The van der Waals surface area contributed by atoms with Gasteiger partial charge in [-0.2, -0.15) is 15.4 Å². The zero-order valence-corrected chi connectivity index (χ0v) is 24.4. The van der Waals surface area contributed by atoms with E-state index < -0.39 is 6.17 Å². The van der Waals surface area contributed by atoms with Gasteiger partial charge in [0.25, 0.3) is 6.17 Å². The van der Waals surface area contributed by atoms with Gasteiger partial charge < -0.3 is 5.11 Å². The number of aliphatic imine (C=N–C) groups is 1. The molecule has 10 heteroatoms. The number of phenols is 1. The van der Waals surface area contributed by atoms with Crippen molar-refractivity contribution in [2.24, 2.45) is 15.5 Å². The van der Waals surface area contributed by atoms with Gasteiger partial charge in [0.1, 0.15) is 10.8 Å². The number of anilines is 1. The molecule has 192 valence electrons. The zero-order valence-electron chi connectivity index (χ0n) is 21.9. The molecule has 0 saturated heterocycles. The second-order valence-electron chi connectivity index (χ2n) is 10.7. The number of aromatic hydroxyl groups is 1. The third-order valence-corrected chi connectivity index (χ3v) is 8.98. The first-order valence-corrected chi connectivity index (χ1v) is 14.9. The molecule has 1 aliphatic rings. The molecule has 1 unspecified atom stereocenters. The Morgan fingerprint density at radius 2 is 1.92 bits per heavy atom. The minimum absolute atomic E-state index is 0.125. The number of rotatable bonds is 5.